The maximum Gasteiger partial charge on any atom is 0.157 e. The molecule has 0 unspecified atom stereocenters. The molecule has 1 saturated heterocycles. The Hall–Kier alpha value is -2.60. The van der Waals surface area contributed by atoms with E-state index in [9.17, 15) is 0 Å². The SMILES string of the molecule is Brc1ccc2nc(Nc3ccc(N4CCCCC4)cc3)c3[nH]ncc3c2c1. The van der Waals surface area contributed by atoms with Gasteiger partial charge in [0.15, 0.2) is 5.82 Å². The molecule has 0 saturated carbocycles. The summed E-state index contributed by atoms with van der Waals surface area (Å²) in [6.45, 7) is 2.31. The summed E-state index contributed by atoms with van der Waals surface area (Å²) in [6.07, 6.45) is 5.78. The Morgan fingerprint density at radius 2 is 1.78 bits per heavy atom. The number of hydrogen-bond donors (Lipinski definition) is 2. The average Bonchev–Trinajstić information content (AvgIpc) is 3.20. The second-order valence-corrected chi connectivity index (χ2v) is 7.92. The lowest BCUT2D eigenvalue weighted by molar-refractivity contribution is 0.578. The van der Waals surface area contributed by atoms with Crippen LogP contribution in [0.2, 0.25) is 0 Å². The maximum atomic E-state index is 4.81. The fourth-order valence-corrected chi connectivity index (χ4v) is 4.16. The van der Waals surface area contributed by atoms with E-state index in [0.29, 0.717) is 0 Å². The van der Waals surface area contributed by atoms with Crippen LogP contribution in [0.4, 0.5) is 17.2 Å². The highest BCUT2D eigenvalue weighted by Crippen LogP contribution is 2.31. The van der Waals surface area contributed by atoms with Gasteiger partial charge in [-0.3, -0.25) is 5.10 Å². The number of pyridine rings is 1. The molecule has 2 aromatic heterocycles. The molecule has 0 amide bonds. The fourth-order valence-electron chi connectivity index (χ4n) is 3.80. The second kappa shape index (κ2) is 6.85. The van der Waals surface area contributed by atoms with Crippen LogP contribution < -0.4 is 10.2 Å². The van der Waals surface area contributed by atoms with Gasteiger partial charge in [0, 0.05) is 39.7 Å². The quantitative estimate of drug-likeness (QED) is 0.451. The smallest absolute Gasteiger partial charge is 0.157 e. The molecule has 0 spiro atoms. The highest BCUT2D eigenvalue weighted by molar-refractivity contribution is 9.10. The molecular weight excluding hydrogens is 402 g/mol. The topological polar surface area (TPSA) is 56.8 Å². The summed E-state index contributed by atoms with van der Waals surface area (Å²) in [4.78, 5) is 7.28. The lowest BCUT2D eigenvalue weighted by Gasteiger charge is -2.28. The molecule has 6 heteroatoms. The van der Waals surface area contributed by atoms with Crippen molar-refractivity contribution in [3.63, 3.8) is 0 Å². The van der Waals surface area contributed by atoms with Gasteiger partial charge in [0.1, 0.15) is 5.52 Å². The van der Waals surface area contributed by atoms with Gasteiger partial charge >= 0.3 is 0 Å². The molecular formula is C21H20BrN5. The molecule has 1 fully saturated rings. The number of aromatic amines is 1. The van der Waals surface area contributed by atoms with Gasteiger partial charge in [-0.25, -0.2) is 4.98 Å². The minimum atomic E-state index is 0.794. The summed E-state index contributed by atoms with van der Waals surface area (Å²) in [7, 11) is 0. The number of nitrogens with zero attached hydrogens (tertiary/aromatic N) is 3. The van der Waals surface area contributed by atoms with Crippen LogP contribution in [0.1, 0.15) is 19.3 Å². The number of halogens is 1. The van der Waals surface area contributed by atoms with E-state index < -0.39 is 0 Å². The van der Waals surface area contributed by atoms with Crippen LogP contribution >= 0.6 is 15.9 Å². The zero-order chi connectivity index (χ0) is 18.2. The number of piperidine rings is 1. The minimum Gasteiger partial charge on any atom is -0.372 e. The number of benzene rings is 2. The van der Waals surface area contributed by atoms with E-state index in [1.807, 2.05) is 18.3 Å². The van der Waals surface area contributed by atoms with Crippen molar-refractivity contribution in [2.45, 2.75) is 19.3 Å². The third-order valence-electron chi connectivity index (χ3n) is 5.21. The van der Waals surface area contributed by atoms with Gasteiger partial charge in [-0.2, -0.15) is 5.10 Å². The predicted octanol–water partition coefficient (Wildman–Crippen LogP) is 5.61. The first-order valence-electron chi connectivity index (χ1n) is 9.32. The molecule has 0 aliphatic carbocycles. The highest BCUT2D eigenvalue weighted by atomic mass is 79.9. The Kier molecular flexibility index (Phi) is 4.20. The third kappa shape index (κ3) is 3.14. The molecule has 5 rings (SSSR count). The summed E-state index contributed by atoms with van der Waals surface area (Å²) >= 11 is 3.54. The van der Waals surface area contributed by atoms with Crippen molar-refractivity contribution in [3.05, 3.63) is 53.1 Å². The molecule has 1 aliphatic heterocycles. The highest BCUT2D eigenvalue weighted by Gasteiger charge is 2.13. The van der Waals surface area contributed by atoms with Gasteiger partial charge in [0.25, 0.3) is 0 Å². The van der Waals surface area contributed by atoms with Crippen molar-refractivity contribution in [2.75, 3.05) is 23.3 Å². The number of anilines is 3. The summed E-state index contributed by atoms with van der Waals surface area (Å²) in [5.74, 6) is 0.794. The number of H-pyrrole nitrogens is 1. The molecule has 2 N–H and O–H groups in total. The molecule has 5 nitrogen and oxygen atoms in total. The summed E-state index contributed by atoms with van der Waals surface area (Å²) in [6, 6.07) is 14.7. The molecule has 136 valence electrons. The Bertz CT molecular complexity index is 1100. The molecule has 1 aliphatic rings. The monoisotopic (exact) mass is 421 g/mol. The van der Waals surface area contributed by atoms with Crippen LogP contribution in [0.25, 0.3) is 21.8 Å². The standard InChI is InChI=1S/C21H20BrN5/c22-14-4-9-19-17(12-14)18-13-23-26-20(18)21(25-19)24-15-5-7-16(8-6-15)27-10-2-1-3-11-27/h4-9,12-13H,1-3,10-11H2,(H,23,26)(H,24,25). The first-order chi connectivity index (χ1) is 13.3. The van der Waals surface area contributed by atoms with E-state index in [2.05, 4.69) is 66.7 Å². The van der Waals surface area contributed by atoms with Crippen molar-refractivity contribution < 1.29 is 0 Å². The first kappa shape index (κ1) is 16.6. The third-order valence-corrected chi connectivity index (χ3v) is 5.70. The Morgan fingerprint density at radius 3 is 2.59 bits per heavy atom. The van der Waals surface area contributed by atoms with Crippen molar-refractivity contribution in [1.29, 1.82) is 0 Å². The molecule has 0 radical (unpaired) electrons. The number of rotatable bonds is 3. The van der Waals surface area contributed by atoms with Crippen LogP contribution in [0.15, 0.2) is 53.1 Å². The first-order valence-corrected chi connectivity index (χ1v) is 10.1. The van der Waals surface area contributed by atoms with E-state index >= 15 is 0 Å². The zero-order valence-corrected chi connectivity index (χ0v) is 16.5. The summed E-state index contributed by atoms with van der Waals surface area (Å²) in [5.41, 5.74) is 4.18. The molecule has 4 aromatic rings. The Labute approximate surface area is 165 Å². The summed E-state index contributed by atoms with van der Waals surface area (Å²) < 4.78 is 1.04. The van der Waals surface area contributed by atoms with Crippen molar-refractivity contribution in [1.82, 2.24) is 15.2 Å². The largest absolute Gasteiger partial charge is 0.372 e. The number of nitrogens with one attached hydrogen (secondary N) is 2. The van der Waals surface area contributed by atoms with Crippen molar-refractivity contribution in [2.24, 2.45) is 0 Å². The van der Waals surface area contributed by atoms with Crippen molar-refractivity contribution in [3.8, 4) is 0 Å². The Balaban J connectivity index is 1.48. The molecule has 0 atom stereocenters. The lowest BCUT2D eigenvalue weighted by Crippen LogP contribution is -2.29. The van der Waals surface area contributed by atoms with Crippen molar-refractivity contribution >= 4 is 54.9 Å². The zero-order valence-electron chi connectivity index (χ0n) is 14.9. The van der Waals surface area contributed by atoms with Gasteiger partial charge in [-0.15, -0.1) is 0 Å². The van der Waals surface area contributed by atoms with Gasteiger partial charge in [0.05, 0.1) is 11.7 Å². The fraction of sp³-hybridized carbons (Fsp3) is 0.238. The van der Waals surface area contributed by atoms with Gasteiger partial charge in [0.2, 0.25) is 0 Å². The van der Waals surface area contributed by atoms with Crippen LogP contribution in [-0.4, -0.2) is 28.3 Å². The summed E-state index contributed by atoms with van der Waals surface area (Å²) in [5, 5.41) is 12.9. The molecule has 0 bridgehead atoms. The predicted molar refractivity (Wildman–Crippen MR) is 115 cm³/mol. The van der Waals surface area contributed by atoms with Gasteiger partial charge < -0.3 is 10.2 Å². The van der Waals surface area contributed by atoms with E-state index in [0.717, 1.165) is 50.9 Å². The van der Waals surface area contributed by atoms with Gasteiger partial charge in [-0.05, 0) is 61.7 Å². The number of fused-ring (bicyclic) bond motifs is 3. The molecule has 3 heterocycles. The molecule has 2 aromatic carbocycles. The van der Waals surface area contributed by atoms with Crippen LogP contribution in [0, 0.1) is 0 Å². The normalized spacial score (nSPS) is 14.8. The van der Waals surface area contributed by atoms with Gasteiger partial charge in [-0.1, -0.05) is 15.9 Å². The lowest BCUT2D eigenvalue weighted by atomic mass is 10.1. The second-order valence-electron chi connectivity index (χ2n) is 7.00. The maximum absolute atomic E-state index is 4.81. The van der Waals surface area contributed by atoms with Crippen LogP contribution in [-0.2, 0) is 0 Å². The van der Waals surface area contributed by atoms with E-state index in [1.54, 1.807) is 0 Å². The Morgan fingerprint density at radius 1 is 0.963 bits per heavy atom. The average molecular weight is 422 g/mol. The van der Waals surface area contributed by atoms with E-state index in [4.69, 9.17) is 4.98 Å². The number of hydrogen-bond acceptors (Lipinski definition) is 4. The van der Waals surface area contributed by atoms with E-state index in [1.165, 1.54) is 24.9 Å². The molecule has 27 heavy (non-hydrogen) atoms. The van der Waals surface area contributed by atoms with E-state index in [-0.39, 0.29) is 0 Å². The minimum absolute atomic E-state index is 0.794. The van der Waals surface area contributed by atoms with Crippen LogP contribution in [0.5, 0.6) is 0 Å². The number of aromatic nitrogens is 3. The van der Waals surface area contributed by atoms with Crippen LogP contribution in [0.3, 0.4) is 0 Å².